The molecule has 1 unspecified atom stereocenters. The van der Waals surface area contributed by atoms with Gasteiger partial charge in [0.2, 0.25) is 0 Å². The van der Waals surface area contributed by atoms with Gasteiger partial charge in [0.1, 0.15) is 6.10 Å². The smallest absolute Gasteiger partial charge is 0.331 e. The normalized spacial score (nSPS) is 12.2. The zero-order valence-electron chi connectivity index (χ0n) is 12.3. The fraction of sp³-hybridized carbons (Fsp3) is 0.118. The summed E-state index contributed by atoms with van der Waals surface area (Å²) in [6, 6.07) is 8.30. The average molecular weight is 316 g/mol. The maximum Gasteiger partial charge on any atom is 0.331 e. The molecule has 0 aromatic heterocycles. The molecular formula is C17H16O6. The predicted molar refractivity (Wildman–Crippen MR) is 83.1 cm³/mol. The summed E-state index contributed by atoms with van der Waals surface area (Å²) >= 11 is 0. The average Bonchev–Trinajstić information content (AvgIpc) is 2.51. The van der Waals surface area contributed by atoms with Gasteiger partial charge in [0.05, 0.1) is 0 Å². The number of benzene rings is 2. The molecule has 2 aromatic rings. The van der Waals surface area contributed by atoms with E-state index in [9.17, 15) is 25.2 Å². The minimum absolute atomic E-state index is 0.245. The fourth-order valence-corrected chi connectivity index (χ4v) is 1.88. The number of phenols is 4. The van der Waals surface area contributed by atoms with Crippen molar-refractivity contribution in [3.05, 3.63) is 53.6 Å². The standard InChI is InChI=1S/C17H16O6/c1-10(12-4-6-14(19)16(21)9-12)23-17(22)7-3-11-2-5-13(18)15(20)8-11/h2-10,18-21H,1H3/b7-3+. The number of aromatic hydroxyl groups is 4. The molecule has 0 saturated carbocycles. The summed E-state index contributed by atoms with van der Waals surface area (Å²) in [6.07, 6.45) is 2.00. The third kappa shape index (κ3) is 4.16. The first-order chi connectivity index (χ1) is 10.9. The van der Waals surface area contributed by atoms with E-state index >= 15 is 0 Å². The molecule has 0 bridgehead atoms. The number of hydrogen-bond acceptors (Lipinski definition) is 6. The van der Waals surface area contributed by atoms with E-state index in [4.69, 9.17) is 4.74 Å². The molecule has 4 N–H and O–H groups in total. The van der Waals surface area contributed by atoms with Crippen molar-refractivity contribution in [2.75, 3.05) is 0 Å². The molecule has 0 saturated heterocycles. The summed E-state index contributed by atoms with van der Waals surface area (Å²) in [5.74, 6) is -1.68. The van der Waals surface area contributed by atoms with E-state index in [0.717, 1.165) is 0 Å². The SMILES string of the molecule is CC(OC(=O)/C=C/c1ccc(O)c(O)c1)c1ccc(O)c(O)c1. The van der Waals surface area contributed by atoms with Crippen molar-refractivity contribution >= 4 is 12.0 Å². The first-order valence-corrected chi connectivity index (χ1v) is 6.79. The van der Waals surface area contributed by atoms with Crippen molar-refractivity contribution in [1.29, 1.82) is 0 Å². The van der Waals surface area contributed by atoms with Crippen molar-refractivity contribution < 1.29 is 30.0 Å². The number of ether oxygens (including phenoxy) is 1. The van der Waals surface area contributed by atoms with Gasteiger partial charge in [-0.05, 0) is 48.4 Å². The van der Waals surface area contributed by atoms with Crippen molar-refractivity contribution in [2.24, 2.45) is 0 Å². The van der Waals surface area contributed by atoms with E-state index in [1.165, 1.54) is 48.6 Å². The third-order valence-corrected chi connectivity index (χ3v) is 3.17. The van der Waals surface area contributed by atoms with Crippen LogP contribution in [0.4, 0.5) is 0 Å². The van der Waals surface area contributed by atoms with Gasteiger partial charge in [-0.15, -0.1) is 0 Å². The molecule has 0 aliphatic heterocycles. The molecule has 2 rings (SSSR count). The Kier molecular flexibility index (Phi) is 4.75. The Morgan fingerprint density at radius 1 is 0.957 bits per heavy atom. The topological polar surface area (TPSA) is 107 Å². The van der Waals surface area contributed by atoms with Crippen LogP contribution < -0.4 is 0 Å². The van der Waals surface area contributed by atoms with Gasteiger partial charge in [0, 0.05) is 6.08 Å². The zero-order chi connectivity index (χ0) is 17.0. The second-order valence-electron chi connectivity index (χ2n) is 4.91. The van der Waals surface area contributed by atoms with E-state index in [1.54, 1.807) is 6.92 Å². The van der Waals surface area contributed by atoms with Gasteiger partial charge in [-0.1, -0.05) is 12.1 Å². The van der Waals surface area contributed by atoms with Crippen LogP contribution in [-0.2, 0) is 9.53 Å². The lowest BCUT2D eigenvalue weighted by molar-refractivity contribution is -0.142. The molecular weight excluding hydrogens is 300 g/mol. The summed E-state index contributed by atoms with van der Waals surface area (Å²) in [7, 11) is 0. The summed E-state index contributed by atoms with van der Waals surface area (Å²) in [5, 5.41) is 37.3. The predicted octanol–water partition coefficient (Wildman–Crippen LogP) is 2.83. The highest BCUT2D eigenvalue weighted by Crippen LogP contribution is 2.29. The van der Waals surface area contributed by atoms with Crippen LogP contribution in [-0.4, -0.2) is 26.4 Å². The van der Waals surface area contributed by atoms with Gasteiger partial charge in [-0.25, -0.2) is 4.79 Å². The summed E-state index contributed by atoms with van der Waals surface area (Å²) < 4.78 is 5.18. The van der Waals surface area contributed by atoms with Gasteiger partial charge < -0.3 is 25.2 Å². The molecule has 0 radical (unpaired) electrons. The molecule has 23 heavy (non-hydrogen) atoms. The minimum Gasteiger partial charge on any atom is -0.504 e. The van der Waals surface area contributed by atoms with Gasteiger partial charge in [0.25, 0.3) is 0 Å². The second kappa shape index (κ2) is 6.74. The van der Waals surface area contributed by atoms with Crippen molar-refractivity contribution in [3.63, 3.8) is 0 Å². The lowest BCUT2D eigenvalue weighted by Crippen LogP contribution is -2.05. The second-order valence-corrected chi connectivity index (χ2v) is 4.91. The molecule has 6 heteroatoms. The monoisotopic (exact) mass is 316 g/mol. The molecule has 0 amide bonds. The summed E-state index contributed by atoms with van der Waals surface area (Å²) in [5.41, 5.74) is 1.05. The van der Waals surface area contributed by atoms with Crippen LogP contribution >= 0.6 is 0 Å². The highest BCUT2D eigenvalue weighted by molar-refractivity contribution is 5.87. The summed E-state index contributed by atoms with van der Waals surface area (Å²) in [4.78, 5) is 11.8. The Bertz CT molecular complexity index is 751. The summed E-state index contributed by atoms with van der Waals surface area (Å²) in [6.45, 7) is 1.63. The highest BCUT2D eigenvalue weighted by atomic mass is 16.5. The van der Waals surface area contributed by atoms with Gasteiger partial charge in [-0.2, -0.15) is 0 Å². The number of carbonyl (C=O) groups excluding carboxylic acids is 1. The zero-order valence-corrected chi connectivity index (χ0v) is 12.3. The molecule has 1 atom stereocenters. The van der Waals surface area contributed by atoms with Crippen molar-refractivity contribution in [3.8, 4) is 23.0 Å². The van der Waals surface area contributed by atoms with Crippen LogP contribution in [0, 0.1) is 0 Å². The van der Waals surface area contributed by atoms with Crippen LogP contribution in [0.15, 0.2) is 42.5 Å². The molecule has 0 aliphatic carbocycles. The number of hydrogen-bond donors (Lipinski definition) is 4. The highest BCUT2D eigenvalue weighted by Gasteiger charge is 2.12. The molecule has 6 nitrogen and oxygen atoms in total. The van der Waals surface area contributed by atoms with E-state index in [2.05, 4.69) is 0 Å². The maximum atomic E-state index is 11.8. The first kappa shape index (κ1) is 16.2. The third-order valence-electron chi connectivity index (χ3n) is 3.17. The number of carbonyl (C=O) groups is 1. The molecule has 0 heterocycles. The molecule has 0 aliphatic rings. The van der Waals surface area contributed by atoms with Crippen LogP contribution in [0.2, 0.25) is 0 Å². The molecule has 2 aromatic carbocycles. The van der Waals surface area contributed by atoms with Gasteiger partial charge in [-0.3, -0.25) is 0 Å². The Morgan fingerprint density at radius 2 is 1.57 bits per heavy atom. The van der Waals surface area contributed by atoms with Crippen LogP contribution in [0.3, 0.4) is 0 Å². The van der Waals surface area contributed by atoms with E-state index < -0.39 is 12.1 Å². The molecule has 0 fully saturated rings. The molecule has 0 spiro atoms. The van der Waals surface area contributed by atoms with Crippen LogP contribution in [0.25, 0.3) is 6.08 Å². The minimum atomic E-state index is -0.619. The largest absolute Gasteiger partial charge is 0.504 e. The van der Waals surface area contributed by atoms with Gasteiger partial charge >= 0.3 is 5.97 Å². The first-order valence-electron chi connectivity index (χ1n) is 6.79. The van der Waals surface area contributed by atoms with Crippen molar-refractivity contribution in [1.82, 2.24) is 0 Å². The maximum absolute atomic E-state index is 11.8. The van der Waals surface area contributed by atoms with E-state index in [0.29, 0.717) is 11.1 Å². The Labute approximate surface area is 132 Å². The van der Waals surface area contributed by atoms with E-state index in [1.807, 2.05) is 0 Å². The number of rotatable bonds is 4. The van der Waals surface area contributed by atoms with Crippen molar-refractivity contribution in [2.45, 2.75) is 13.0 Å². The quantitative estimate of drug-likeness (QED) is 0.392. The molecule has 120 valence electrons. The number of phenolic OH excluding ortho intramolecular Hbond substituents is 4. The van der Waals surface area contributed by atoms with E-state index in [-0.39, 0.29) is 23.0 Å². The Balaban J connectivity index is 2.01. The lowest BCUT2D eigenvalue weighted by atomic mass is 10.1. The van der Waals surface area contributed by atoms with Crippen LogP contribution in [0.1, 0.15) is 24.2 Å². The fourth-order valence-electron chi connectivity index (χ4n) is 1.88. The Morgan fingerprint density at radius 3 is 2.17 bits per heavy atom. The van der Waals surface area contributed by atoms with Gasteiger partial charge in [0.15, 0.2) is 23.0 Å². The number of esters is 1. The van der Waals surface area contributed by atoms with Crippen LogP contribution in [0.5, 0.6) is 23.0 Å². The Hall–Kier alpha value is -3.15. The lowest BCUT2D eigenvalue weighted by Gasteiger charge is -2.12.